The molecule has 0 bridgehead atoms. The largest absolute Gasteiger partial charge is 0.326 e. The van der Waals surface area contributed by atoms with Crippen LogP contribution in [-0.2, 0) is 15.3 Å². The van der Waals surface area contributed by atoms with E-state index in [9.17, 15) is 9.59 Å². The van der Waals surface area contributed by atoms with Crippen molar-refractivity contribution < 1.29 is 9.59 Å². The second-order valence-electron chi connectivity index (χ2n) is 6.59. The number of carbonyl (C=O) groups is 2. The average molecular weight is 406 g/mol. The van der Waals surface area contributed by atoms with Crippen molar-refractivity contribution in [2.75, 3.05) is 11.1 Å². The minimum Gasteiger partial charge on any atom is -0.326 e. The second kappa shape index (κ2) is 9.80. The van der Waals surface area contributed by atoms with E-state index in [0.29, 0.717) is 17.1 Å². The molecular weight excluding hydrogens is 382 g/mol. The summed E-state index contributed by atoms with van der Waals surface area (Å²) in [6.45, 7) is 5.38. The molecule has 29 heavy (non-hydrogen) atoms. The van der Waals surface area contributed by atoms with Crippen LogP contribution in [0.3, 0.4) is 0 Å². The molecule has 0 unspecified atom stereocenters. The van der Waals surface area contributed by atoms with Crippen molar-refractivity contribution in [3.63, 3.8) is 0 Å². The minimum absolute atomic E-state index is 0.130. The fourth-order valence-corrected chi connectivity index (χ4v) is 3.61. The summed E-state index contributed by atoms with van der Waals surface area (Å²) in [4.78, 5) is 23.3. The molecule has 0 atom stereocenters. The second-order valence-corrected chi connectivity index (χ2v) is 7.57. The van der Waals surface area contributed by atoms with E-state index in [2.05, 4.69) is 53.1 Å². The number of amides is 2. The van der Waals surface area contributed by atoms with Gasteiger partial charge in [0.15, 0.2) is 0 Å². The number of anilines is 1. The van der Waals surface area contributed by atoms with Crippen LogP contribution in [0, 0.1) is 0 Å². The van der Waals surface area contributed by atoms with Crippen molar-refractivity contribution in [1.29, 1.82) is 0 Å². The van der Waals surface area contributed by atoms with Crippen molar-refractivity contribution in [3.05, 3.63) is 84.4 Å². The molecule has 0 saturated heterocycles. The maximum Gasteiger partial charge on any atom is 0.248 e. The van der Waals surface area contributed by atoms with Gasteiger partial charge in [0.05, 0.1) is 11.4 Å². The zero-order valence-corrected chi connectivity index (χ0v) is 17.0. The number of carbonyl (C=O) groups excluding carboxylic acids is 2. The first-order chi connectivity index (χ1) is 14.0. The van der Waals surface area contributed by atoms with Crippen molar-refractivity contribution >= 4 is 45.7 Å². The lowest BCUT2D eigenvalue weighted by Gasteiger charge is -2.12. The first kappa shape index (κ1) is 20.5. The Morgan fingerprint density at radius 2 is 1.72 bits per heavy atom. The van der Waals surface area contributed by atoms with Crippen LogP contribution >= 0.6 is 11.8 Å². The van der Waals surface area contributed by atoms with Crippen molar-refractivity contribution in [2.24, 2.45) is 0 Å². The molecular formula is C23H23N3O2S. The number of nitrogens with one attached hydrogen (secondary N) is 3. The Morgan fingerprint density at radius 1 is 0.931 bits per heavy atom. The third-order valence-electron chi connectivity index (χ3n) is 4.20. The van der Waals surface area contributed by atoms with E-state index in [0.717, 1.165) is 11.3 Å². The molecule has 3 N–H and O–H groups in total. The van der Waals surface area contributed by atoms with E-state index in [1.54, 1.807) is 23.9 Å². The lowest BCUT2D eigenvalue weighted by molar-refractivity contribution is -0.119. The third kappa shape index (κ3) is 6.12. The zero-order valence-electron chi connectivity index (χ0n) is 16.2. The molecule has 2 amide bonds. The fraction of sp³-hybridized carbons (Fsp3) is 0.130. The highest BCUT2D eigenvalue weighted by Gasteiger charge is 2.05. The lowest BCUT2D eigenvalue weighted by Crippen LogP contribution is -2.37. The smallest absolute Gasteiger partial charge is 0.248 e. The zero-order chi connectivity index (χ0) is 20.6. The molecule has 5 nitrogen and oxygen atoms in total. The number of hydrogen-bond donors (Lipinski definition) is 3. The van der Waals surface area contributed by atoms with E-state index in [1.807, 2.05) is 24.3 Å². The number of fused-ring (bicyclic) bond motifs is 1. The summed E-state index contributed by atoms with van der Waals surface area (Å²) < 4.78 is 0. The molecule has 0 fully saturated rings. The molecule has 0 aromatic heterocycles. The van der Waals surface area contributed by atoms with Gasteiger partial charge in [0.1, 0.15) is 0 Å². The Kier molecular flexibility index (Phi) is 6.92. The van der Waals surface area contributed by atoms with Gasteiger partial charge in [-0.1, -0.05) is 61.2 Å². The van der Waals surface area contributed by atoms with Crippen LogP contribution in [0.25, 0.3) is 16.5 Å². The van der Waals surface area contributed by atoms with Gasteiger partial charge >= 0.3 is 0 Å². The molecule has 3 rings (SSSR count). The third-order valence-corrected chi connectivity index (χ3v) is 5.20. The van der Waals surface area contributed by atoms with E-state index in [1.165, 1.54) is 23.3 Å². The molecule has 0 aliphatic rings. The summed E-state index contributed by atoms with van der Waals surface area (Å²) in [5, 5.41) is 5.14. The molecule has 3 aromatic rings. The summed E-state index contributed by atoms with van der Waals surface area (Å²) in [5.41, 5.74) is 8.68. The van der Waals surface area contributed by atoms with Gasteiger partial charge in [0.2, 0.25) is 11.8 Å². The average Bonchev–Trinajstić information content (AvgIpc) is 2.71. The quantitative estimate of drug-likeness (QED) is 0.488. The van der Waals surface area contributed by atoms with Gasteiger partial charge in [0.25, 0.3) is 0 Å². The number of hydrazine groups is 1. The van der Waals surface area contributed by atoms with Gasteiger partial charge in [-0.05, 0) is 28.5 Å². The first-order valence-electron chi connectivity index (χ1n) is 9.18. The van der Waals surface area contributed by atoms with Crippen LogP contribution in [0.2, 0.25) is 0 Å². The number of benzene rings is 3. The molecule has 6 heteroatoms. The Bertz CT molecular complexity index is 1050. The normalized spacial score (nSPS) is 10.4. The maximum absolute atomic E-state index is 12.1. The lowest BCUT2D eigenvalue weighted by atomic mass is 10.1. The molecule has 0 aliphatic heterocycles. The predicted molar refractivity (Wildman–Crippen MR) is 121 cm³/mol. The fourth-order valence-electron chi connectivity index (χ4n) is 2.83. The Labute approximate surface area is 174 Å². The molecule has 0 saturated carbocycles. The molecule has 0 aliphatic carbocycles. The Balaban J connectivity index is 1.44. The minimum atomic E-state index is -0.141. The highest BCUT2D eigenvalue weighted by molar-refractivity contribution is 7.99. The maximum atomic E-state index is 12.1. The van der Waals surface area contributed by atoms with Gasteiger partial charge in [-0.2, -0.15) is 0 Å². The summed E-state index contributed by atoms with van der Waals surface area (Å²) in [5.74, 6) is 0.823. The molecule has 0 radical (unpaired) electrons. The summed E-state index contributed by atoms with van der Waals surface area (Å²) >= 11 is 1.55. The van der Waals surface area contributed by atoms with Gasteiger partial charge in [-0.15, -0.1) is 11.8 Å². The van der Waals surface area contributed by atoms with E-state index in [4.69, 9.17) is 0 Å². The van der Waals surface area contributed by atoms with Gasteiger partial charge in [0, 0.05) is 23.9 Å². The highest BCUT2D eigenvalue weighted by atomic mass is 32.2. The summed E-state index contributed by atoms with van der Waals surface area (Å²) in [7, 11) is 0. The monoisotopic (exact) mass is 405 g/mol. The van der Waals surface area contributed by atoms with Crippen LogP contribution in [0.5, 0.6) is 0 Å². The molecule has 148 valence electrons. The number of rotatable bonds is 8. The first-order valence-corrected chi connectivity index (χ1v) is 10.3. The van der Waals surface area contributed by atoms with Crippen LogP contribution in [0.15, 0.2) is 73.3 Å². The van der Waals surface area contributed by atoms with Crippen LogP contribution < -0.4 is 16.2 Å². The Morgan fingerprint density at radius 3 is 2.52 bits per heavy atom. The van der Waals surface area contributed by atoms with Crippen LogP contribution in [0.4, 0.5) is 5.69 Å². The van der Waals surface area contributed by atoms with Crippen molar-refractivity contribution in [2.45, 2.75) is 12.7 Å². The standard InChI is InChI=1S/C23H23N3O2S/c1-16(20-8-5-9-22(13-20)24-17(2)27)25-26-23(28)15-29-14-18-10-11-19-6-3-4-7-21(19)12-18/h3-13,25H,1,14-15H2,2H3,(H,24,27)(H,26,28). The van der Waals surface area contributed by atoms with E-state index in [-0.39, 0.29) is 11.8 Å². The van der Waals surface area contributed by atoms with Gasteiger partial charge in [-0.3, -0.25) is 20.4 Å². The SMILES string of the molecule is C=C(NNC(=O)CSCc1ccc2ccccc2c1)c1cccc(NC(C)=O)c1. The highest BCUT2D eigenvalue weighted by Crippen LogP contribution is 2.19. The van der Waals surface area contributed by atoms with Crippen molar-refractivity contribution in [3.8, 4) is 0 Å². The van der Waals surface area contributed by atoms with E-state index < -0.39 is 0 Å². The van der Waals surface area contributed by atoms with Crippen LogP contribution in [-0.4, -0.2) is 17.6 Å². The molecule has 3 aromatic carbocycles. The predicted octanol–water partition coefficient (Wildman–Crippen LogP) is 4.32. The molecule has 0 spiro atoms. The number of thioether (sulfide) groups is 1. The Hall–Kier alpha value is -3.25. The number of hydrogen-bond acceptors (Lipinski definition) is 4. The van der Waals surface area contributed by atoms with Crippen molar-refractivity contribution in [1.82, 2.24) is 10.9 Å². The van der Waals surface area contributed by atoms with Crippen LogP contribution in [0.1, 0.15) is 18.1 Å². The summed E-state index contributed by atoms with van der Waals surface area (Å²) in [6.07, 6.45) is 0. The van der Waals surface area contributed by atoms with E-state index >= 15 is 0 Å². The van der Waals surface area contributed by atoms with Gasteiger partial charge < -0.3 is 5.32 Å². The summed E-state index contributed by atoms with van der Waals surface area (Å²) in [6, 6.07) is 21.8. The van der Waals surface area contributed by atoms with Gasteiger partial charge in [-0.25, -0.2) is 0 Å². The topological polar surface area (TPSA) is 70.2 Å². The molecule has 0 heterocycles.